The molecule has 0 saturated heterocycles. The first kappa shape index (κ1) is 18.3. The lowest BCUT2D eigenvalue weighted by Gasteiger charge is -2.28. The van der Waals surface area contributed by atoms with Crippen LogP contribution in [0.1, 0.15) is 84.0 Å². The second-order valence-electron chi connectivity index (χ2n) is 7.48. The minimum Gasteiger partial charge on any atom is -0.352 e. The van der Waals surface area contributed by atoms with E-state index < -0.39 is 0 Å². The molecule has 0 atom stereocenters. The monoisotopic (exact) mass is 322 g/mol. The van der Waals surface area contributed by atoms with Gasteiger partial charge in [0, 0.05) is 12.0 Å². The normalized spacial score (nSPS) is 25.8. The van der Waals surface area contributed by atoms with Gasteiger partial charge in [0.25, 0.3) is 0 Å². The Bertz CT molecular complexity index is 370. The minimum atomic E-state index is -0.0260. The van der Waals surface area contributed by atoms with Gasteiger partial charge in [0.1, 0.15) is 0 Å². The van der Waals surface area contributed by atoms with Gasteiger partial charge in [-0.3, -0.25) is 9.59 Å². The highest BCUT2D eigenvalue weighted by Crippen LogP contribution is 2.31. The summed E-state index contributed by atoms with van der Waals surface area (Å²) in [6, 6.07) is 0.321. The maximum atomic E-state index is 12.2. The van der Waals surface area contributed by atoms with Crippen molar-refractivity contribution in [1.82, 2.24) is 10.6 Å². The fourth-order valence-electron chi connectivity index (χ4n) is 4.04. The van der Waals surface area contributed by atoms with Crippen molar-refractivity contribution in [2.75, 3.05) is 6.54 Å². The van der Waals surface area contributed by atoms with Gasteiger partial charge in [-0.05, 0) is 44.4 Å². The molecule has 2 rings (SSSR count). The van der Waals surface area contributed by atoms with Crippen molar-refractivity contribution in [3.8, 4) is 0 Å². The van der Waals surface area contributed by atoms with E-state index in [0.29, 0.717) is 6.04 Å². The van der Waals surface area contributed by atoms with E-state index in [1.807, 2.05) is 0 Å². The fourth-order valence-corrected chi connectivity index (χ4v) is 4.04. The van der Waals surface area contributed by atoms with E-state index >= 15 is 0 Å². The zero-order chi connectivity index (χ0) is 16.5. The molecule has 2 saturated carbocycles. The molecule has 4 nitrogen and oxygen atoms in total. The number of unbranched alkanes of at least 4 members (excludes halogenated alkanes) is 1. The SMILES string of the molecule is CCCCC1CCC(C(=O)NCC(=O)NC2CCCCC2)CC1. The summed E-state index contributed by atoms with van der Waals surface area (Å²) in [6.07, 6.45) is 14.1. The molecule has 0 aromatic rings. The third kappa shape index (κ3) is 6.52. The molecular formula is C19H34N2O2. The van der Waals surface area contributed by atoms with E-state index in [9.17, 15) is 9.59 Å². The van der Waals surface area contributed by atoms with Gasteiger partial charge in [-0.2, -0.15) is 0 Å². The number of amides is 2. The lowest BCUT2D eigenvalue weighted by molar-refractivity contribution is -0.129. The van der Waals surface area contributed by atoms with E-state index in [-0.39, 0.29) is 24.3 Å². The molecule has 2 aliphatic carbocycles. The van der Waals surface area contributed by atoms with Crippen molar-refractivity contribution in [2.45, 2.75) is 90.0 Å². The first-order valence-corrected chi connectivity index (χ1v) is 9.76. The maximum Gasteiger partial charge on any atom is 0.239 e. The topological polar surface area (TPSA) is 58.2 Å². The van der Waals surface area contributed by atoms with Gasteiger partial charge in [-0.25, -0.2) is 0 Å². The summed E-state index contributed by atoms with van der Waals surface area (Å²) in [4.78, 5) is 24.2. The smallest absolute Gasteiger partial charge is 0.239 e. The van der Waals surface area contributed by atoms with Crippen molar-refractivity contribution in [3.05, 3.63) is 0 Å². The number of rotatable bonds is 7. The summed E-state index contributed by atoms with van der Waals surface area (Å²) in [7, 11) is 0. The van der Waals surface area contributed by atoms with Crippen molar-refractivity contribution >= 4 is 11.8 Å². The quantitative estimate of drug-likeness (QED) is 0.753. The minimum absolute atomic E-state index is 0.0260. The molecule has 2 N–H and O–H groups in total. The third-order valence-corrected chi connectivity index (χ3v) is 5.58. The van der Waals surface area contributed by atoms with Gasteiger partial charge in [0.15, 0.2) is 0 Å². The molecule has 0 radical (unpaired) electrons. The molecule has 23 heavy (non-hydrogen) atoms. The number of hydrogen-bond acceptors (Lipinski definition) is 2. The molecule has 0 aromatic carbocycles. The van der Waals surface area contributed by atoms with Crippen LogP contribution in [0.4, 0.5) is 0 Å². The van der Waals surface area contributed by atoms with Crippen LogP contribution in [0.2, 0.25) is 0 Å². The van der Waals surface area contributed by atoms with Crippen molar-refractivity contribution in [1.29, 1.82) is 0 Å². The Hall–Kier alpha value is -1.06. The van der Waals surface area contributed by atoms with Crippen LogP contribution >= 0.6 is 0 Å². The number of carbonyl (C=O) groups is 2. The van der Waals surface area contributed by atoms with Gasteiger partial charge in [-0.1, -0.05) is 45.4 Å². The Kier molecular flexibility index (Phi) is 7.90. The Morgan fingerprint density at radius 2 is 1.65 bits per heavy atom. The summed E-state index contributed by atoms with van der Waals surface area (Å²) in [5, 5.41) is 5.90. The highest BCUT2D eigenvalue weighted by atomic mass is 16.2. The summed E-state index contributed by atoms with van der Waals surface area (Å²) in [5.41, 5.74) is 0. The van der Waals surface area contributed by atoms with Gasteiger partial charge in [-0.15, -0.1) is 0 Å². The third-order valence-electron chi connectivity index (χ3n) is 5.58. The molecule has 0 unspecified atom stereocenters. The molecule has 2 amide bonds. The van der Waals surface area contributed by atoms with Gasteiger partial charge >= 0.3 is 0 Å². The zero-order valence-electron chi connectivity index (χ0n) is 14.7. The second kappa shape index (κ2) is 9.94. The largest absolute Gasteiger partial charge is 0.352 e. The van der Waals surface area contributed by atoms with Crippen LogP contribution < -0.4 is 10.6 Å². The molecule has 4 heteroatoms. The standard InChI is InChI=1S/C19H34N2O2/c1-2-3-7-15-10-12-16(13-11-15)19(23)20-14-18(22)21-17-8-5-4-6-9-17/h15-17H,2-14H2,1H3,(H,20,23)(H,21,22). The molecule has 2 aliphatic rings. The molecule has 0 aromatic heterocycles. The van der Waals surface area contributed by atoms with Crippen LogP contribution in [0.3, 0.4) is 0 Å². The van der Waals surface area contributed by atoms with Crippen molar-refractivity contribution in [3.63, 3.8) is 0 Å². The Labute approximate surface area is 141 Å². The van der Waals surface area contributed by atoms with E-state index in [1.165, 1.54) is 51.4 Å². The summed E-state index contributed by atoms with van der Waals surface area (Å²) >= 11 is 0. The van der Waals surface area contributed by atoms with Crippen LogP contribution in [0.25, 0.3) is 0 Å². The van der Waals surface area contributed by atoms with Crippen molar-refractivity contribution in [2.24, 2.45) is 11.8 Å². The van der Waals surface area contributed by atoms with Gasteiger partial charge in [0.2, 0.25) is 11.8 Å². The summed E-state index contributed by atoms with van der Waals surface area (Å²) in [5.74, 6) is 0.989. The molecule has 0 heterocycles. The zero-order valence-corrected chi connectivity index (χ0v) is 14.7. The molecule has 0 bridgehead atoms. The Morgan fingerprint density at radius 1 is 0.957 bits per heavy atom. The van der Waals surface area contributed by atoms with Crippen LogP contribution in [-0.2, 0) is 9.59 Å². The Balaban J connectivity index is 1.60. The number of nitrogens with one attached hydrogen (secondary N) is 2. The predicted molar refractivity (Wildman–Crippen MR) is 93.0 cm³/mol. The van der Waals surface area contributed by atoms with E-state index in [1.54, 1.807) is 0 Å². The van der Waals surface area contributed by atoms with Crippen LogP contribution in [0, 0.1) is 11.8 Å². The van der Waals surface area contributed by atoms with Crippen molar-refractivity contribution < 1.29 is 9.59 Å². The maximum absolute atomic E-state index is 12.2. The molecule has 0 spiro atoms. The van der Waals surface area contributed by atoms with E-state index in [2.05, 4.69) is 17.6 Å². The predicted octanol–water partition coefficient (Wildman–Crippen LogP) is 3.55. The highest BCUT2D eigenvalue weighted by molar-refractivity contribution is 5.85. The first-order valence-electron chi connectivity index (χ1n) is 9.76. The Morgan fingerprint density at radius 3 is 2.30 bits per heavy atom. The van der Waals surface area contributed by atoms with Crippen LogP contribution in [0.5, 0.6) is 0 Å². The fraction of sp³-hybridized carbons (Fsp3) is 0.895. The molecule has 0 aliphatic heterocycles. The van der Waals surface area contributed by atoms with E-state index in [0.717, 1.165) is 31.6 Å². The average molecular weight is 322 g/mol. The van der Waals surface area contributed by atoms with Crippen LogP contribution in [0.15, 0.2) is 0 Å². The number of hydrogen-bond donors (Lipinski definition) is 2. The van der Waals surface area contributed by atoms with Gasteiger partial charge in [0.05, 0.1) is 6.54 Å². The van der Waals surface area contributed by atoms with Crippen LogP contribution in [-0.4, -0.2) is 24.4 Å². The number of carbonyl (C=O) groups excluding carboxylic acids is 2. The average Bonchev–Trinajstić information content (AvgIpc) is 2.59. The second-order valence-corrected chi connectivity index (χ2v) is 7.48. The summed E-state index contributed by atoms with van der Waals surface area (Å²) < 4.78 is 0. The van der Waals surface area contributed by atoms with E-state index in [4.69, 9.17) is 0 Å². The lowest BCUT2D eigenvalue weighted by atomic mass is 9.79. The first-order chi connectivity index (χ1) is 11.2. The lowest BCUT2D eigenvalue weighted by Crippen LogP contribution is -2.44. The molecule has 2 fully saturated rings. The summed E-state index contributed by atoms with van der Waals surface area (Å²) in [6.45, 7) is 2.38. The van der Waals surface area contributed by atoms with Gasteiger partial charge < -0.3 is 10.6 Å². The molecule has 132 valence electrons. The molecular weight excluding hydrogens is 288 g/mol. The highest BCUT2D eigenvalue weighted by Gasteiger charge is 2.26.